The van der Waals surface area contributed by atoms with Crippen LogP contribution in [0.2, 0.25) is 0 Å². The Balaban J connectivity index is 1.86. The van der Waals surface area contributed by atoms with Gasteiger partial charge in [-0.25, -0.2) is 8.42 Å². The minimum atomic E-state index is -3.65. The van der Waals surface area contributed by atoms with E-state index in [1.165, 1.54) is 24.6 Å². The summed E-state index contributed by atoms with van der Waals surface area (Å²) in [4.78, 5) is 0.176. The van der Waals surface area contributed by atoms with Crippen molar-refractivity contribution in [1.82, 2.24) is 4.31 Å². The van der Waals surface area contributed by atoms with E-state index in [1.54, 1.807) is 13.2 Å². The monoisotopic (exact) mass is 455 g/mol. The Kier molecular flexibility index (Phi) is 5.98. The smallest absolute Gasteiger partial charge is 0.244 e. The lowest BCUT2D eigenvalue weighted by Gasteiger charge is -2.19. The molecule has 0 bridgehead atoms. The summed E-state index contributed by atoms with van der Waals surface area (Å²) in [6.07, 6.45) is 0.774. The number of hydrogen-bond donors (Lipinski definition) is 0. The number of nitrogens with zero attached hydrogens (tertiary/aromatic N) is 1. The van der Waals surface area contributed by atoms with Gasteiger partial charge in [0, 0.05) is 23.6 Å². The van der Waals surface area contributed by atoms with Gasteiger partial charge >= 0.3 is 0 Å². The first-order valence-electron chi connectivity index (χ1n) is 8.46. The number of rotatable bonds is 6. The molecular weight excluding hydrogens is 434 g/mol. The maximum absolute atomic E-state index is 13.2. The van der Waals surface area contributed by atoms with Crippen molar-refractivity contribution in [1.29, 1.82) is 0 Å². The molecule has 0 spiro atoms. The van der Waals surface area contributed by atoms with Gasteiger partial charge in [0.2, 0.25) is 10.0 Å². The van der Waals surface area contributed by atoms with E-state index in [9.17, 15) is 8.42 Å². The fourth-order valence-corrected chi connectivity index (χ4v) is 5.76. The van der Waals surface area contributed by atoms with Gasteiger partial charge in [-0.3, -0.25) is 0 Å². The van der Waals surface area contributed by atoms with Gasteiger partial charge in [0.1, 0.15) is 10.6 Å². The summed E-state index contributed by atoms with van der Waals surface area (Å²) in [5.74, 6) is 1.80. The molecule has 0 aliphatic carbocycles. The molecule has 1 atom stereocenters. The van der Waals surface area contributed by atoms with Crippen LogP contribution in [-0.2, 0) is 10.0 Å². The van der Waals surface area contributed by atoms with Crippen LogP contribution in [-0.4, -0.2) is 47.1 Å². The highest BCUT2D eigenvalue weighted by Crippen LogP contribution is 2.39. The third-order valence-corrected chi connectivity index (χ3v) is 7.62. The lowest BCUT2D eigenvalue weighted by molar-refractivity contribution is 0.353. The fourth-order valence-electron chi connectivity index (χ4n) is 3.27. The van der Waals surface area contributed by atoms with E-state index in [0.29, 0.717) is 29.1 Å². The van der Waals surface area contributed by atoms with Crippen molar-refractivity contribution in [3.8, 4) is 17.2 Å². The van der Waals surface area contributed by atoms with E-state index in [-0.39, 0.29) is 10.8 Å². The molecule has 8 heteroatoms. The zero-order valence-electron chi connectivity index (χ0n) is 15.4. The van der Waals surface area contributed by atoms with Gasteiger partial charge in [-0.2, -0.15) is 4.31 Å². The molecule has 1 heterocycles. The van der Waals surface area contributed by atoms with Crippen LogP contribution in [0, 0.1) is 0 Å². The Bertz CT molecular complexity index is 914. The highest BCUT2D eigenvalue weighted by molar-refractivity contribution is 9.10. The van der Waals surface area contributed by atoms with Crippen LogP contribution < -0.4 is 14.2 Å². The lowest BCUT2D eigenvalue weighted by Crippen LogP contribution is -2.29. The Hall–Kier alpha value is -1.77. The van der Waals surface area contributed by atoms with Crippen molar-refractivity contribution in [2.24, 2.45) is 0 Å². The Morgan fingerprint density at radius 3 is 2.22 bits per heavy atom. The Morgan fingerprint density at radius 2 is 1.63 bits per heavy atom. The topological polar surface area (TPSA) is 65.1 Å². The number of halogens is 1. The normalized spacial score (nSPS) is 17.7. The number of sulfonamides is 1. The fraction of sp³-hybridized carbons (Fsp3) is 0.368. The molecule has 1 fully saturated rings. The molecule has 1 aliphatic rings. The standard InChI is InChI=1S/C19H22BrNO5S/c1-24-15-6-4-13(5-7-15)14-8-9-21(12-14)27(22,23)19-11-18(26-3)17(25-2)10-16(19)20/h4-7,10-11,14H,8-9,12H2,1-3H3. The third kappa shape index (κ3) is 3.93. The minimum absolute atomic E-state index is 0.157. The SMILES string of the molecule is COc1ccc(C2CCN(S(=O)(=O)c3cc(OC)c(OC)cc3Br)C2)cc1. The van der Waals surface area contributed by atoms with Crippen LogP contribution in [0.4, 0.5) is 0 Å². The van der Waals surface area contributed by atoms with Crippen molar-refractivity contribution in [2.75, 3.05) is 34.4 Å². The van der Waals surface area contributed by atoms with Crippen LogP contribution in [0.3, 0.4) is 0 Å². The van der Waals surface area contributed by atoms with Gasteiger partial charge in [-0.1, -0.05) is 12.1 Å². The maximum atomic E-state index is 13.2. The van der Waals surface area contributed by atoms with Crippen LogP contribution in [0.5, 0.6) is 17.2 Å². The number of hydrogen-bond acceptors (Lipinski definition) is 5. The summed E-state index contributed by atoms with van der Waals surface area (Å²) in [5, 5.41) is 0. The molecule has 2 aromatic carbocycles. The van der Waals surface area contributed by atoms with Crippen LogP contribution in [0.1, 0.15) is 17.9 Å². The van der Waals surface area contributed by atoms with E-state index in [2.05, 4.69) is 15.9 Å². The molecule has 0 radical (unpaired) electrons. The molecule has 0 amide bonds. The summed E-state index contributed by atoms with van der Waals surface area (Å²) in [6, 6.07) is 10.9. The minimum Gasteiger partial charge on any atom is -0.497 e. The number of benzene rings is 2. The van der Waals surface area contributed by atoms with Crippen molar-refractivity contribution in [3.05, 3.63) is 46.4 Å². The highest BCUT2D eigenvalue weighted by Gasteiger charge is 2.35. The van der Waals surface area contributed by atoms with E-state index in [4.69, 9.17) is 14.2 Å². The quantitative estimate of drug-likeness (QED) is 0.664. The average molecular weight is 456 g/mol. The Labute approximate surface area is 168 Å². The van der Waals surface area contributed by atoms with E-state index < -0.39 is 10.0 Å². The zero-order chi connectivity index (χ0) is 19.6. The first kappa shape index (κ1) is 20.0. The Morgan fingerprint density at radius 1 is 1.00 bits per heavy atom. The summed E-state index contributed by atoms with van der Waals surface area (Å²) >= 11 is 3.35. The van der Waals surface area contributed by atoms with Gasteiger partial charge in [0.25, 0.3) is 0 Å². The number of ether oxygens (including phenoxy) is 3. The zero-order valence-corrected chi connectivity index (χ0v) is 17.8. The number of methoxy groups -OCH3 is 3. The van der Waals surface area contributed by atoms with Crippen molar-refractivity contribution < 1.29 is 22.6 Å². The van der Waals surface area contributed by atoms with Crippen LogP contribution in [0.15, 0.2) is 45.8 Å². The van der Waals surface area contributed by atoms with E-state index >= 15 is 0 Å². The summed E-state index contributed by atoms with van der Waals surface area (Å²) < 4.78 is 44.0. The van der Waals surface area contributed by atoms with Gasteiger partial charge in [-0.15, -0.1) is 0 Å². The molecule has 1 unspecified atom stereocenters. The predicted molar refractivity (Wildman–Crippen MR) is 106 cm³/mol. The molecular formula is C19H22BrNO5S. The molecule has 2 aromatic rings. The van der Waals surface area contributed by atoms with Crippen molar-refractivity contribution in [2.45, 2.75) is 17.2 Å². The van der Waals surface area contributed by atoms with Crippen molar-refractivity contribution >= 4 is 26.0 Å². The second-order valence-corrected chi connectivity index (χ2v) is 9.02. The molecule has 1 aliphatic heterocycles. The summed E-state index contributed by atoms with van der Waals surface area (Å²) in [7, 11) is 0.967. The molecule has 0 N–H and O–H groups in total. The second kappa shape index (κ2) is 8.08. The first-order chi connectivity index (χ1) is 12.9. The van der Waals surface area contributed by atoms with Crippen molar-refractivity contribution in [3.63, 3.8) is 0 Å². The van der Waals surface area contributed by atoms with Crippen LogP contribution in [0.25, 0.3) is 0 Å². The second-order valence-electron chi connectivity index (χ2n) is 6.26. The molecule has 0 saturated carbocycles. The largest absolute Gasteiger partial charge is 0.497 e. The molecule has 146 valence electrons. The van der Waals surface area contributed by atoms with Crippen LogP contribution >= 0.6 is 15.9 Å². The van der Waals surface area contributed by atoms with Gasteiger partial charge in [0.15, 0.2) is 11.5 Å². The highest BCUT2D eigenvalue weighted by atomic mass is 79.9. The maximum Gasteiger partial charge on any atom is 0.244 e. The first-order valence-corrected chi connectivity index (χ1v) is 10.7. The summed E-state index contributed by atoms with van der Waals surface area (Å²) in [5.41, 5.74) is 1.11. The molecule has 3 rings (SSSR count). The van der Waals surface area contributed by atoms with Gasteiger partial charge < -0.3 is 14.2 Å². The van der Waals surface area contributed by atoms with E-state index in [1.807, 2.05) is 24.3 Å². The average Bonchev–Trinajstić information content (AvgIpc) is 3.18. The molecule has 6 nitrogen and oxygen atoms in total. The van der Waals surface area contributed by atoms with E-state index in [0.717, 1.165) is 17.7 Å². The predicted octanol–water partition coefficient (Wildman–Crippen LogP) is 3.65. The molecule has 0 aromatic heterocycles. The third-order valence-electron chi connectivity index (χ3n) is 4.79. The van der Waals surface area contributed by atoms with Gasteiger partial charge in [0.05, 0.1) is 21.3 Å². The molecule has 1 saturated heterocycles. The lowest BCUT2D eigenvalue weighted by atomic mass is 9.99. The van der Waals surface area contributed by atoms with Gasteiger partial charge in [-0.05, 0) is 52.0 Å². The summed E-state index contributed by atoms with van der Waals surface area (Å²) in [6.45, 7) is 0.912. The molecule has 27 heavy (non-hydrogen) atoms.